The predicted octanol–water partition coefficient (Wildman–Crippen LogP) is 1.25. The van der Waals surface area contributed by atoms with E-state index in [2.05, 4.69) is 6.07 Å². The van der Waals surface area contributed by atoms with Crippen molar-refractivity contribution < 1.29 is 9.90 Å². The van der Waals surface area contributed by atoms with Crippen LogP contribution < -0.4 is 0 Å². The van der Waals surface area contributed by atoms with Crippen molar-refractivity contribution in [2.75, 3.05) is 0 Å². The molecule has 0 unspecified atom stereocenters. The number of carbonyl (C=O) groups is 1. The van der Waals surface area contributed by atoms with Crippen LogP contribution in [-0.2, 0) is 0 Å². The highest BCUT2D eigenvalue weighted by Crippen LogP contribution is 2.03. The van der Waals surface area contributed by atoms with Crippen molar-refractivity contribution in [3.63, 3.8) is 0 Å². The molecule has 1 N–H and O–H groups in total. The molecule has 0 aliphatic carbocycles. The molecule has 0 fully saturated rings. The lowest BCUT2D eigenvalue weighted by Crippen LogP contribution is -1.91. The van der Waals surface area contributed by atoms with Gasteiger partial charge in [-0.05, 0) is 5.38 Å². The number of carboxylic acids is 1. The van der Waals surface area contributed by atoms with E-state index in [1.807, 2.05) is 0 Å². The Kier molecular flexibility index (Phi) is 1.30. The summed E-state index contributed by atoms with van der Waals surface area (Å²) in [5.41, 5.74) is 0.245. The molecular weight excluding hydrogens is 124 g/mol. The number of aromatic carboxylic acids is 1. The first-order valence-electron chi connectivity index (χ1n) is 1.98. The van der Waals surface area contributed by atoms with Gasteiger partial charge in [0.15, 0.2) is 0 Å². The lowest BCUT2D eigenvalue weighted by Gasteiger charge is -1.78. The zero-order chi connectivity index (χ0) is 5.98. The summed E-state index contributed by atoms with van der Waals surface area (Å²) < 4.78 is 0. The number of thiophene rings is 1. The van der Waals surface area contributed by atoms with Gasteiger partial charge in [-0.25, -0.2) is 4.79 Å². The van der Waals surface area contributed by atoms with E-state index < -0.39 is 5.97 Å². The van der Waals surface area contributed by atoms with E-state index in [1.165, 1.54) is 11.3 Å². The van der Waals surface area contributed by atoms with Crippen molar-refractivity contribution >= 4 is 17.3 Å². The fourth-order valence-electron chi connectivity index (χ4n) is 0.346. The van der Waals surface area contributed by atoms with Gasteiger partial charge in [0.2, 0.25) is 0 Å². The minimum atomic E-state index is -0.911. The van der Waals surface area contributed by atoms with Crippen LogP contribution in [-0.4, -0.2) is 11.1 Å². The summed E-state index contributed by atoms with van der Waals surface area (Å²) in [5.74, 6) is -0.911. The number of hydrogen-bond acceptors (Lipinski definition) is 2. The van der Waals surface area contributed by atoms with Crippen molar-refractivity contribution in [2.24, 2.45) is 0 Å². The van der Waals surface area contributed by atoms with Crippen LogP contribution in [0.25, 0.3) is 0 Å². The van der Waals surface area contributed by atoms with Crippen LogP contribution in [0, 0.1) is 6.07 Å². The molecule has 0 saturated carbocycles. The van der Waals surface area contributed by atoms with E-state index >= 15 is 0 Å². The van der Waals surface area contributed by atoms with Gasteiger partial charge in [0.25, 0.3) is 0 Å². The summed E-state index contributed by atoms with van der Waals surface area (Å²) in [7, 11) is 0. The third-order valence-corrected chi connectivity index (χ3v) is 1.32. The molecule has 1 aromatic rings. The Balaban J connectivity index is 2.93. The Morgan fingerprint density at radius 1 is 1.88 bits per heavy atom. The van der Waals surface area contributed by atoms with Gasteiger partial charge in [0.05, 0.1) is 5.56 Å². The molecule has 0 bridgehead atoms. The fourth-order valence-corrected chi connectivity index (χ4v) is 0.914. The van der Waals surface area contributed by atoms with E-state index in [-0.39, 0.29) is 5.56 Å². The summed E-state index contributed by atoms with van der Waals surface area (Å²) in [6.07, 6.45) is 0. The summed E-state index contributed by atoms with van der Waals surface area (Å²) >= 11 is 1.33. The smallest absolute Gasteiger partial charge is 0.337 e. The van der Waals surface area contributed by atoms with Crippen LogP contribution in [0.4, 0.5) is 0 Å². The van der Waals surface area contributed by atoms with Crippen molar-refractivity contribution in [1.82, 2.24) is 0 Å². The molecule has 1 heterocycles. The lowest BCUT2D eigenvalue weighted by atomic mass is 10.4. The maximum Gasteiger partial charge on any atom is 0.337 e. The van der Waals surface area contributed by atoms with Gasteiger partial charge in [-0.3, -0.25) is 0 Å². The standard InChI is InChI=1S/C5H3O2S/c6-5(7)4-1-2-8-3-4/h2-3H,(H,6,7). The molecule has 0 spiro atoms. The normalized spacial score (nSPS) is 9.00. The Bertz CT molecular complexity index is 178. The Morgan fingerprint density at radius 2 is 2.62 bits per heavy atom. The molecule has 0 atom stereocenters. The van der Waals surface area contributed by atoms with E-state index in [9.17, 15) is 4.79 Å². The highest BCUT2D eigenvalue weighted by molar-refractivity contribution is 7.08. The van der Waals surface area contributed by atoms with Crippen LogP contribution in [0.2, 0.25) is 0 Å². The zero-order valence-corrected chi connectivity index (χ0v) is 4.73. The van der Waals surface area contributed by atoms with Crippen LogP contribution >= 0.6 is 11.3 Å². The summed E-state index contributed by atoms with van der Waals surface area (Å²) in [6, 6.07) is 2.56. The van der Waals surface area contributed by atoms with Crippen LogP contribution in [0.15, 0.2) is 10.8 Å². The molecule has 1 rings (SSSR count). The van der Waals surface area contributed by atoms with E-state index in [4.69, 9.17) is 5.11 Å². The average molecular weight is 127 g/mol. The minimum absolute atomic E-state index is 0.245. The van der Waals surface area contributed by atoms with Crippen molar-refractivity contribution in [3.05, 3.63) is 22.4 Å². The van der Waals surface area contributed by atoms with Gasteiger partial charge in [-0.2, -0.15) is 11.3 Å². The highest BCUT2D eigenvalue weighted by atomic mass is 32.1. The maximum atomic E-state index is 10.0. The predicted molar refractivity (Wildman–Crippen MR) is 30.1 cm³/mol. The van der Waals surface area contributed by atoms with Gasteiger partial charge in [-0.15, -0.1) is 0 Å². The molecule has 0 saturated heterocycles. The molecular formula is C5H3O2S. The number of hydrogen-bond donors (Lipinski definition) is 1. The SMILES string of the molecule is O=C(O)c1[c]csc1. The molecule has 0 aromatic carbocycles. The van der Waals surface area contributed by atoms with Crippen LogP contribution in [0.1, 0.15) is 10.4 Å². The average Bonchev–Trinajstić information content (AvgIpc) is 2.12. The van der Waals surface area contributed by atoms with Gasteiger partial charge in [-0.1, -0.05) is 0 Å². The number of rotatable bonds is 1. The molecule has 3 heteroatoms. The second kappa shape index (κ2) is 1.96. The maximum absolute atomic E-state index is 10.0. The quantitative estimate of drug-likeness (QED) is 0.616. The molecule has 0 aliphatic rings. The van der Waals surface area contributed by atoms with Crippen molar-refractivity contribution in [3.8, 4) is 0 Å². The minimum Gasteiger partial charge on any atom is -0.478 e. The topological polar surface area (TPSA) is 37.3 Å². The largest absolute Gasteiger partial charge is 0.478 e. The van der Waals surface area contributed by atoms with E-state index in [1.54, 1.807) is 10.8 Å². The van der Waals surface area contributed by atoms with Gasteiger partial charge >= 0.3 is 5.97 Å². The Labute approximate surface area is 50.4 Å². The number of carboxylic acid groups (broad SMARTS) is 1. The van der Waals surface area contributed by atoms with E-state index in [0.29, 0.717) is 0 Å². The molecule has 1 aromatic heterocycles. The molecule has 8 heavy (non-hydrogen) atoms. The van der Waals surface area contributed by atoms with Crippen molar-refractivity contribution in [1.29, 1.82) is 0 Å². The monoisotopic (exact) mass is 127 g/mol. The lowest BCUT2D eigenvalue weighted by molar-refractivity contribution is 0.0697. The van der Waals surface area contributed by atoms with Gasteiger partial charge in [0.1, 0.15) is 0 Å². The molecule has 41 valence electrons. The van der Waals surface area contributed by atoms with E-state index in [0.717, 1.165) is 0 Å². The first-order chi connectivity index (χ1) is 3.80. The second-order valence-electron chi connectivity index (χ2n) is 1.23. The molecule has 0 amide bonds. The molecule has 1 radical (unpaired) electrons. The molecule has 0 aliphatic heterocycles. The highest BCUT2D eigenvalue weighted by Gasteiger charge is 1.99. The summed E-state index contributed by atoms with van der Waals surface area (Å²) in [4.78, 5) is 10.0. The third kappa shape index (κ3) is 0.869. The van der Waals surface area contributed by atoms with Gasteiger partial charge < -0.3 is 5.11 Å². The van der Waals surface area contributed by atoms with Crippen LogP contribution in [0.3, 0.4) is 0 Å². The third-order valence-electron chi connectivity index (χ3n) is 0.699. The Hall–Kier alpha value is -0.830. The van der Waals surface area contributed by atoms with Gasteiger partial charge in [0, 0.05) is 11.4 Å². The second-order valence-corrected chi connectivity index (χ2v) is 1.98. The summed E-state index contributed by atoms with van der Waals surface area (Å²) in [5, 5.41) is 11.4. The van der Waals surface area contributed by atoms with Crippen molar-refractivity contribution in [2.45, 2.75) is 0 Å². The first kappa shape index (κ1) is 5.31. The Morgan fingerprint density at radius 3 is 2.88 bits per heavy atom. The summed E-state index contributed by atoms with van der Waals surface area (Å²) in [6.45, 7) is 0. The first-order valence-corrected chi connectivity index (χ1v) is 2.92. The fraction of sp³-hybridized carbons (Fsp3) is 0. The zero-order valence-electron chi connectivity index (χ0n) is 3.92. The molecule has 2 nitrogen and oxygen atoms in total. The van der Waals surface area contributed by atoms with Crippen LogP contribution in [0.5, 0.6) is 0 Å².